The molecule has 0 atom stereocenters. The SMILES string of the molecule is CCCCN(CC)c1sc(C(=O)NC2CC2)c(N)c1SC. The van der Waals surface area contributed by atoms with Gasteiger partial charge in [0.15, 0.2) is 0 Å². The second-order valence-electron chi connectivity index (χ2n) is 5.36. The zero-order valence-electron chi connectivity index (χ0n) is 13.1. The summed E-state index contributed by atoms with van der Waals surface area (Å²) in [6.45, 7) is 6.31. The number of hydrogen-bond acceptors (Lipinski definition) is 5. The molecule has 1 aromatic heterocycles. The lowest BCUT2D eigenvalue weighted by Crippen LogP contribution is -2.25. The summed E-state index contributed by atoms with van der Waals surface area (Å²) in [6.07, 6.45) is 6.54. The Morgan fingerprint density at radius 3 is 2.71 bits per heavy atom. The third-order valence-corrected chi connectivity index (χ3v) is 5.87. The van der Waals surface area contributed by atoms with E-state index in [0.717, 1.165) is 42.2 Å². The van der Waals surface area contributed by atoms with E-state index in [0.29, 0.717) is 16.6 Å². The fourth-order valence-electron chi connectivity index (χ4n) is 2.22. The Kier molecular flexibility index (Phi) is 5.81. The van der Waals surface area contributed by atoms with Crippen LogP contribution in [0.3, 0.4) is 0 Å². The summed E-state index contributed by atoms with van der Waals surface area (Å²) < 4.78 is 0. The van der Waals surface area contributed by atoms with E-state index in [9.17, 15) is 4.79 Å². The van der Waals surface area contributed by atoms with Crippen LogP contribution >= 0.6 is 23.1 Å². The molecule has 1 aromatic rings. The second-order valence-corrected chi connectivity index (χ2v) is 7.18. The molecule has 21 heavy (non-hydrogen) atoms. The van der Waals surface area contributed by atoms with Crippen LogP contribution in [-0.2, 0) is 0 Å². The van der Waals surface area contributed by atoms with Crippen LogP contribution in [0.4, 0.5) is 10.7 Å². The second kappa shape index (κ2) is 7.40. The standard InChI is InChI=1S/C15H25N3OS2/c1-4-6-9-18(5-2)15-13(20-3)11(16)12(21-15)14(19)17-10-7-8-10/h10H,4-9,16H2,1-3H3,(H,17,19). The van der Waals surface area contributed by atoms with Gasteiger partial charge in [0.2, 0.25) is 0 Å². The van der Waals surface area contributed by atoms with E-state index in [1.807, 2.05) is 6.26 Å². The van der Waals surface area contributed by atoms with Crippen molar-refractivity contribution in [3.05, 3.63) is 4.88 Å². The molecule has 4 nitrogen and oxygen atoms in total. The smallest absolute Gasteiger partial charge is 0.263 e. The number of rotatable bonds is 8. The lowest BCUT2D eigenvalue weighted by molar-refractivity contribution is 0.0956. The molecule has 118 valence electrons. The van der Waals surface area contributed by atoms with Crippen molar-refractivity contribution in [1.29, 1.82) is 0 Å². The van der Waals surface area contributed by atoms with E-state index >= 15 is 0 Å². The first kappa shape index (κ1) is 16.5. The molecule has 0 radical (unpaired) electrons. The summed E-state index contributed by atoms with van der Waals surface area (Å²) in [5, 5.41) is 4.19. The number of carbonyl (C=O) groups excluding carboxylic acids is 1. The molecule has 0 aromatic carbocycles. The highest BCUT2D eigenvalue weighted by atomic mass is 32.2. The number of thioether (sulfide) groups is 1. The molecule has 0 saturated heterocycles. The molecule has 0 spiro atoms. The van der Waals surface area contributed by atoms with Gasteiger partial charge in [0.05, 0.1) is 10.6 Å². The van der Waals surface area contributed by atoms with Crippen LogP contribution in [-0.4, -0.2) is 31.3 Å². The van der Waals surface area contributed by atoms with Crippen molar-refractivity contribution in [2.75, 3.05) is 30.0 Å². The Labute approximate surface area is 135 Å². The van der Waals surface area contributed by atoms with E-state index in [1.165, 1.54) is 17.8 Å². The van der Waals surface area contributed by atoms with Crippen molar-refractivity contribution in [2.45, 2.75) is 50.5 Å². The highest BCUT2D eigenvalue weighted by molar-refractivity contribution is 7.99. The number of nitrogen functional groups attached to an aromatic ring is 1. The predicted molar refractivity (Wildman–Crippen MR) is 93.8 cm³/mol. The number of nitrogens with one attached hydrogen (secondary N) is 1. The fourth-order valence-corrected chi connectivity index (χ4v) is 4.40. The monoisotopic (exact) mass is 327 g/mol. The van der Waals surface area contributed by atoms with Gasteiger partial charge in [-0.2, -0.15) is 0 Å². The number of thiophene rings is 1. The van der Waals surface area contributed by atoms with Crippen molar-refractivity contribution >= 4 is 39.7 Å². The van der Waals surface area contributed by atoms with Crippen LogP contribution in [0.15, 0.2) is 4.90 Å². The Balaban J connectivity index is 2.24. The molecule has 0 aliphatic heterocycles. The minimum atomic E-state index is -0.00639. The number of anilines is 2. The summed E-state index contributed by atoms with van der Waals surface area (Å²) in [5.41, 5.74) is 6.88. The van der Waals surface area contributed by atoms with Gasteiger partial charge in [-0.15, -0.1) is 23.1 Å². The maximum Gasteiger partial charge on any atom is 0.263 e. The Hall–Kier alpha value is -0.880. The number of unbranched alkanes of at least 4 members (excludes halogenated alkanes) is 1. The molecule has 1 saturated carbocycles. The molecule has 1 amide bonds. The molecular weight excluding hydrogens is 302 g/mol. The molecule has 3 N–H and O–H groups in total. The normalized spacial score (nSPS) is 14.2. The summed E-state index contributed by atoms with van der Waals surface area (Å²) in [5.74, 6) is -0.00639. The van der Waals surface area contributed by atoms with E-state index in [2.05, 4.69) is 24.1 Å². The summed E-state index contributed by atoms with van der Waals surface area (Å²) >= 11 is 3.18. The van der Waals surface area contributed by atoms with Gasteiger partial charge in [0.25, 0.3) is 5.91 Å². The first-order valence-electron chi connectivity index (χ1n) is 7.64. The quantitative estimate of drug-likeness (QED) is 0.717. The van der Waals surface area contributed by atoms with Gasteiger partial charge in [-0.05, 0) is 32.4 Å². The van der Waals surface area contributed by atoms with Gasteiger partial charge in [-0.1, -0.05) is 13.3 Å². The van der Waals surface area contributed by atoms with E-state index in [1.54, 1.807) is 11.8 Å². The minimum absolute atomic E-state index is 0.00639. The van der Waals surface area contributed by atoms with Gasteiger partial charge in [0, 0.05) is 19.1 Å². The summed E-state index contributed by atoms with van der Waals surface area (Å²) in [6, 6.07) is 0.363. The van der Waals surface area contributed by atoms with Crippen molar-refractivity contribution in [2.24, 2.45) is 0 Å². The van der Waals surface area contributed by atoms with Crippen LogP contribution in [0, 0.1) is 0 Å². The maximum atomic E-state index is 12.3. The third-order valence-electron chi connectivity index (χ3n) is 3.66. The van der Waals surface area contributed by atoms with Crippen molar-refractivity contribution in [3.8, 4) is 0 Å². The summed E-state index contributed by atoms with van der Waals surface area (Å²) in [4.78, 5) is 16.4. The number of nitrogens with zero attached hydrogens (tertiary/aromatic N) is 1. The molecule has 2 rings (SSSR count). The summed E-state index contributed by atoms with van der Waals surface area (Å²) in [7, 11) is 0. The van der Waals surface area contributed by atoms with Gasteiger partial charge in [0.1, 0.15) is 9.88 Å². The zero-order valence-corrected chi connectivity index (χ0v) is 14.7. The molecule has 1 fully saturated rings. The number of hydrogen-bond donors (Lipinski definition) is 2. The Morgan fingerprint density at radius 2 is 2.19 bits per heavy atom. The lowest BCUT2D eigenvalue weighted by Gasteiger charge is -2.22. The Bertz CT molecular complexity index is 497. The van der Waals surface area contributed by atoms with Gasteiger partial charge >= 0.3 is 0 Å². The van der Waals surface area contributed by atoms with Crippen LogP contribution in [0.5, 0.6) is 0 Å². The number of carbonyl (C=O) groups is 1. The third kappa shape index (κ3) is 3.86. The van der Waals surface area contributed by atoms with Gasteiger partial charge in [-0.25, -0.2) is 0 Å². The topological polar surface area (TPSA) is 58.4 Å². The Morgan fingerprint density at radius 1 is 1.48 bits per heavy atom. The molecule has 6 heteroatoms. The van der Waals surface area contributed by atoms with Crippen molar-refractivity contribution in [3.63, 3.8) is 0 Å². The number of amides is 1. The van der Waals surface area contributed by atoms with Crippen LogP contribution in [0.2, 0.25) is 0 Å². The molecule has 1 aliphatic rings. The molecule has 0 bridgehead atoms. The average molecular weight is 328 g/mol. The van der Waals surface area contributed by atoms with Gasteiger partial charge < -0.3 is 16.0 Å². The molecule has 1 heterocycles. The highest BCUT2D eigenvalue weighted by Crippen LogP contribution is 2.44. The van der Waals surface area contributed by atoms with E-state index < -0.39 is 0 Å². The first-order valence-corrected chi connectivity index (χ1v) is 9.68. The van der Waals surface area contributed by atoms with E-state index in [-0.39, 0.29) is 5.91 Å². The highest BCUT2D eigenvalue weighted by Gasteiger charge is 2.28. The van der Waals surface area contributed by atoms with Crippen LogP contribution in [0.25, 0.3) is 0 Å². The van der Waals surface area contributed by atoms with Crippen LogP contribution < -0.4 is 16.0 Å². The number of nitrogens with two attached hydrogens (primary N) is 1. The maximum absolute atomic E-state index is 12.3. The minimum Gasteiger partial charge on any atom is -0.396 e. The molecular formula is C15H25N3OS2. The predicted octanol–water partition coefficient (Wildman–Crippen LogP) is 3.57. The van der Waals surface area contributed by atoms with E-state index in [4.69, 9.17) is 5.73 Å². The van der Waals surface area contributed by atoms with Crippen molar-refractivity contribution in [1.82, 2.24) is 5.32 Å². The molecule has 1 aliphatic carbocycles. The zero-order chi connectivity index (χ0) is 15.4. The van der Waals surface area contributed by atoms with Crippen molar-refractivity contribution < 1.29 is 4.79 Å². The largest absolute Gasteiger partial charge is 0.396 e. The van der Waals surface area contributed by atoms with Crippen LogP contribution in [0.1, 0.15) is 49.2 Å². The van der Waals surface area contributed by atoms with Gasteiger partial charge in [-0.3, -0.25) is 4.79 Å². The fraction of sp³-hybridized carbons (Fsp3) is 0.667. The lowest BCUT2D eigenvalue weighted by atomic mass is 10.3. The molecule has 0 unspecified atom stereocenters. The first-order chi connectivity index (χ1) is 10.1. The average Bonchev–Trinajstić information content (AvgIpc) is 3.22.